The van der Waals surface area contributed by atoms with E-state index in [1.54, 1.807) is 13.8 Å². The lowest BCUT2D eigenvalue weighted by Crippen LogP contribution is -2.08. The number of carbonyl (C=O) groups is 2. The minimum atomic E-state index is -0.347. The molecule has 0 amide bonds. The van der Waals surface area contributed by atoms with E-state index >= 15 is 0 Å². The first kappa shape index (κ1) is 25.3. The molecule has 0 aliphatic heterocycles. The lowest BCUT2D eigenvalue weighted by Gasteiger charge is -2.07. The molecule has 182 valence electrons. The Kier molecular flexibility index (Phi) is 8.31. The van der Waals surface area contributed by atoms with Gasteiger partial charge in [0.2, 0.25) is 0 Å². The van der Waals surface area contributed by atoms with Crippen LogP contribution < -0.4 is 0 Å². The Hall–Kier alpha value is -3.35. The molecule has 0 aliphatic carbocycles. The molecule has 0 unspecified atom stereocenters. The molecule has 0 fully saturated rings. The molecule has 0 atom stereocenters. The predicted octanol–water partition coefficient (Wildman–Crippen LogP) is 5.67. The summed E-state index contributed by atoms with van der Waals surface area (Å²) in [4.78, 5) is 36.7. The Labute approximate surface area is 201 Å². The van der Waals surface area contributed by atoms with Crippen molar-refractivity contribution >= 4 is 11.9 Å². The number of carbonyl (C=O) groups excluding carboxylic acids is 2. The normalized spacial score (nSPS) is 11.0. The standard InChI is InChI=1S/C27H35N3O4/c1-7-16-18(9-3)24(26(31)33-11-5)29-22(16)20-14-13-15-21(28-20)23-17(8-2)19(10-4)25(30-23)27(32)34-12-6/h13-15,29-30H,7-12H2,1-6H3. The number of nitrogens with zero attached hydrogens (tertiary/aromatic N) is 1. The highest BCUT2D eigenvalue weighted by Gasteiger charge is 2.25. The Balaban J connectivity index is 2.16. The van der Waals surface area contributed by atoms with Crippen molar-refractivity contribution in [3.63, 3.8) is 0 Å². The molecule has 3 aromatic rings. The van der Waals surface area contributed by atoms with Crippen molar-refractivity contribution in [2.45, 2.75) is 67.2 Å². The lowest BCUT2D eigenvalue weighted by atomic mass is 10.0. The van der Waals surface area contributed by atoms with Crippen LogP contribution >= 0.6 is 0 Å². The predicted molar refractivity (Wildman–Crippen MR) is 133 cm³/mol. The van der Waals surface area contributed by atoms with Gasteiger partial charge in [-0.05, 0) is 73.9 Å². The van der Waals surface area contributed by atoms with Gasteiger partial charge in [0.25, 0.3) is 0 Å². The number of pyridine rings is 1. The Bertz CT molecular complexity index is 1090. The summed E-state index contributed by atoms with van der Waals surface area (Å²) in [5, 5.41) is 0. The number of aromatic amines is 2. The van der Waals surface area contributed by atoms with Crippen molar-refractivity contribution in [2.75, 3.05) is 13.2 Å². The average Bonchev–Trinajstić information content (AvgIpc) is 3.42. The van der Waals surface area contributed by atoms with E-state index in [1.165, 1.54) is 0 Å². The number of hydrogen-bond acceptors (Lipinski definition) is 5. The first-order valence-electron chi connectivity index (χ1n) is 12.2. The zero-order valence-electron chi connectivity index (χ0n) is 21.1. The van der Waals surface area contributed by atoms with Crippen molar-refractivity contribution < 1.29 is 19.1 Å². The smallest absolute Gasteiger partial charge is 0.355 e. The summed E-state index contributed by atoms with van der Waals surface area (Å²) in [5.41, 5.74) is 8.21. The second kappa shape index (κ2) is 11.2. The lowest BCUT2D eigenvalue weighted by molar-refractivity contribution is 0.0509. The van der Waals surface area contributed by atoms with Crippen LogP contribution in [0.25, 0.3) is 22.8 Å². The van der Waals surface area contributed by atoms with Crippen LogP contribution in [0.2, 0.25) is 0 Å². The molecule has 3 heterocycles. The van der Waals surface area contributed by atoms with Crippen LogP contribution in [-0.4, -0.2) is 40.1 Å². The number of hydrogen-bond donors (Lipinski definition) is 2. The Morgan fingerprint density at radius 1 is 0.676 bits per heavy atom. The van der Waals surface area contributed by atoms with Crippen molar-refractivity contribution in [1.82, 2.24) is 15.0 Å². The maximum absolute atomic E-state index is 12.6. The summed E-state index contributed by atoms with van der Waals surface area (Å²) >= 11 is 0. The van der Waals surface area contributed by atoms with Crippen LogP contribution in [0, 0.1) is 0 Å². The maximum Gasteiger partial charge on any atom is 0.355 e. The fourth-order valence-corrected chi connectivity index (χ4v) is 4.62. The average molecular weight is 466 g/mol. The molecule has 0 saturated heterocycles. The van der Waals surface area contributed by atoms with Gasteiger partial charge in [-0.25, -0.2) is 14.6 Å². The fourth-order valence-electron chi connectivity index (χ4n) is 4.62. The van der Waals surface area contributed by atoms with Crippen molar-refractivity contribution in [1.29, 1.82) is 0 Å². The highest BCUT2D eigenvalue weighted by molar-refractivity contribution is 5.92. The van der Waals surface area contributed by atoms with Gasteiger partial charge >= 0.3 is 11.9 Å². The fraction of sp³-hybridized carbons (Fsp3) is 0.444. The summed E-state index contributed by atoms with van der Waals surface area (Å²) in [6, 6.07) is 5.82. The molecule has 0 saturated carbocycles. The third-order valence-corrected chi connectivity index (χ3v) is 6.07. The second-order valence-electron chi connectivity index (χ2n) is 7.93. The molecule has 0 aromatic carbocycles. The molecule has 2 N–H and O–H groups in total. The largest absolute Gasteiger partial charge is 0.461 e. The van der Waals surface area contributed by atoms with Crippen LogP contribution in [0.5, 0.6) is 0 Å². The van der Waals surface area contributed by atoms with Gasteiger partial charge in [0, 0.05) is 0 Å². The summed E-state index contributed by atoms with van der Waals surface area (Å²) in [6.07, 6.45) is 2.95. The summed E-state index contributed by atoms with van der Waals surface area (Å²) in [5.74, 6) is -0.693. The summed E-state index contributed by atoms with van der Waals surface area (Å²) < 4.78 is 10.5. The Morgan fingerprint density at radius 2 is 1.06 bits per heavy atom. The molecule has 7 heteroatoms. The van der Waals surface area contributed by atoms with Crippen LogP contribution in [-0.2, 0) is 35.2 Å². The van der Waals surface area contributed by atoms with Gasteiger partial charge < -0.3 is 19.4 Å². The van der Waals surface area contributed by atoms with E-state index < -0.39 is 0 Å². The van der Waals surface area contributed by atoms with E-state index in [1.807, 2.05) is 32.0 Å². The molecule has 7 nitrogen and oxygen atoms in total. The van der Waals surface area contributed by atoms with E-state index in [4.69, 9.17) is 14.5 Å². The second-order valence-corrected chi connectivity index (χ2v) is 7.93. The number of ether oxygens (including phenoxy) is 2. The third-order valence-electron chi connectivity index (χ3n) is 6.07. The zero-order chi connectivity index (χ0) is 24.8. The number of rotatable bonds is 10. The van der Waals surface area contributed by atoms with Crippen LogP contribution in [0.1, 0.15) is 84.8 Å². The van der Waals surface area contributed by atoms with E-state index in [2.05, 4.69) is 23.8 Å². The van der Waals surface area contributed by atoms with Gasteiger partial charge in [0.1, 0.15) is 11.4 Å². The number of aromatic nitrogens is 3. The van der Waals surface area contributed by atoms with E-state index in [9.17, 15) is 9.59 Å². The van der Waals surface area contributed by atoms with Gasteiger partial charge in [0.05, 0.1) is 36.0 Å². The van der Waals surface area contributed by atoms with Gasteiger partial charge in [-0.3, -0.25) is 0 Å². The molecular formula is C27H35N3O4. The minimum Gasteiger partial charge on any atom is -0.461 e. The highest BCUT2D eigenvalue weighted by Crippen LogP contribution is 2.33. The minimum absolute atomic E-state index is 0.320. The molecule has 34 heavy (non-hydrogen) atoms. The van der Waals surface area contributed by atoms with Gasteiger partial charge in [0.15, 0.2) is 0 Å². The topological polar surface area (TPSA) is 97.1 Å². The molecule has 0 aliphatic rings. The molecule has 0 radical (unpaired) electrons. The van der Waals surface area contributed by atoms with Crippen LogP contribution in [0.4, 0.5) is 0 Å². The molecule has 3 rings (SSSR count). The van der Waals surface area contributed by atoms with Crippen molar-refractivity contribution in [2.24, 2.45) is 0 Å². The SMILES string of the molecule is CCOC(=O)c1[nH]c(-c2cccc(-c3[nH]c(C(=O)OCC)c(CC)c3CC)n2)c(CC)c1CC. The number of H-pyrrole nitrogens is 2. The monoisotopic (exact) mass is 465 g/mol. The summed E-state index contributed by atoms with van der Waals surface area (Å²) in [6.45, 7) is 12.5. The molecular weight excluding hydrogens is 430 g/mol. The van der Waals surface area contributed by atoms with E-state index in [0.29, 0.717) is 37.4 Å². The first-order valence-corrected chi connectivity index (χ1v) is 12.2. The first-order chi connectivity index (χ1) is 16.4. The van der Waals surface area contributed by atoms with Gasteiger partial charge in [-0.15, -0.1) is 0 Å². The number of esters is 2. The molecule has 0 bridgehead atoms. The van der Waals surface area contributed by atoms with E-state index in [0.717, 1.165) is 57.9 Å². The maximum atomic E-state index is 12.6. The quantitative estimate of drug-likeness (QED) is 0.376. The van der Waals surface area contributed by atoms with E-state index in [-0.39, 0.29) is 11.9 Å². The molecule has 0 spiro atoms. The molecule has 3 aromatic heterocycles. The highest BCUT2D eigenvalue weighted by atomic mass is 16.5. The van der Waals surface area contributed by atoms with Gasteiger partial charge in [-0.1, -0.05) is 33.8 Å². The zero-order valence-corrected chi connectivity index (χ0v) is 21.1. The van der Waals surface area contributed by atoms with Crippen LogP contribution in [0.15, 0.2) is 18.2 Å². The summed E-state index contributed by atoms with van der Waals surface area (Å²) in [7, 11) is 0. The van der Waals surface area contributed by atoms with Gasteiger partial charge in [-0.2, -0.15) is 0 Å². The van der Waals surface area contributed by atoms with Crippen molar-refractivity contribution in [3.8, 4) is 22.8 Å². The number of nitrogens with one attached hydrogen (secondary N) is 2. The third kappa shape index (κ3) is 4.65. The Morgan fingerprint density at radius 3 is 1.38 bits per heavy atom. The van der Waals surface area contributed by atoms with Crippen LogP contribution in [0.3, 0.4) is 0 Å². The van der Waals surface area contributed by atoms with Crippen molar-refractivity contribution in [3.05, 3.63) is 51.8 Å².